The maximum atomic E-state index is 11.7. The molecule has 0 bridgehead atoms. The van der Waals surface area contributed by atoms with Gasteiger partial charge in [-0.25, -0.2) is 37.3 Å². The number of pyridine rings is 6. The zero-order valence-corrected chi connectivity index (χ0v) is 59.4. The van der Waals surface area contributed by atoms with E-state index in [0.29, 0.717) is 0 Å². The average molecular weight is 1580 g/mol. The molecule has 2 aliphatic rings. The normalized spacial score (nSPS) is 12.2. The second-order valence-corrected chi connectivity index (χ2v) is 22.8. The van der Waals surface area contributed by atoms with Crippen LogP contribution in [0, 0.1) is 62.0 Å². The number of rotatable bonds is 16. The standard InChI is InChI=1S/2C18H18N4.2C15H15NO3.CH2Cl2.2ClHO4.2Ru/c2*1-4-10-19-16(7-1)13-22(14-17-8-2-5-11-20-17)15-18-9-3-6-12-21-18;2*1-8-4-9(2)15(10(3)5-8)16-11-6-13(18)14(19)7-12(11)17;2-1-3;2*2-1(3,4)5;;/h2*1-12H,13-15H2;2*4-7,16,19H,1-3H3;1H2;2*(H,2,3,4,5);;/q;;;;;;;2*+3/p-4. The number of carbonyl (C=O) groups is 4. The van der Waals surface area contributed by atoms with E-state index in [1.54, 1.807) is 0 Å². The fourth-order valence-electron chi connectivity index (χ4n) is 8.96. The zero-order chi connectivity index (χ0) is 70.1. The van der Waals surface area contributed by atoms with Gasteiger partial charge in [-0.2, -0.15) is 0 Å². The van der Waals surface area contributed by atoms with Crippen LogP contribution in [0.4, 0.5) is 11.4 Å². The van der Waals surface area contributed by atoms with Gasteiger partial charge < -0.3 is 20.8 Å². The van der Waals surface area contributed by atoms with Crippen molar-refractivity contribution >= 4 is 57.7 Å². The number of nitrogens with one attached hydrogen (secondary N) is 2. The van der Waals surface area contributed by atoms with Crippen LogP contribution in [0.5, 0.6) is 0 Å². The summed E-state index contributed by atoms with van der Waals surface area (Å²) in [5, 5.41) is 28.3. The molecule has 0 aliphatic heterocycles. The van der Waals surface area contributed by atoms with Crippen molar-refractivity contribution < 1.29 is 126 Å². The zero-order valence-electron chi connectivity index (χ0n) is 52.9. The summed E-state index contributed by atoms with van der Waals surface area (Å²) < 4.78 is 67.9. The van der Waals surface area contributed by atoms with Crippen LogP contribution in [0.2, 0.25) is 0 Å². The minimum absolute atomic E-state index is 0. The molecule has 0 fully saturated rings. The van der Waals surface area contributed by atoms with Crippen LogP contribution in [0.15, 0.2) is 218 Å². The van der Waals surface area contributed by atoms with E-state index in [4.69, 9.17) is 60.5 Å². The molecule has 2 aromatic carbocycles. The van der Waals surface area contributed by atoms with E-state index in [1.807, 2.05) is 212 Å². The van der Waals surface area contributed by atoms with Gasteiger partial charge in [-0.15, -0.1) is 43.7 Å². The van der Waals surface area contributed by atoms with Gasteiger partial charge in [-0.05, 0) is 149 Å². The van der Waals surface area contributed by atoms with Crippen LogP contribution in [-0.2, 0) is 97.4 Å². The third-order valence-corrected chi connectivity index (χ3v) is 12.6. The molecule has 510 valence electrons. The topological polar surface area (TPSA) is 407 Å². The van der Waals surface area contributed by atoms with Gasteiger partial charge in [0.2, 0.25) is 11.6 Å². The van der Waals surface area contributed by atoms with Crippen LogP contribution in [0.3, 0.4) is 0 Å². The van der Waals surface area contributed by atoms with Gasteiger partial charge in [-0.3, -0.25) is 58.9 Å². The van der Waals surface area contributed by atoms with Gasteiger partial charge in [0, 0.05) is 100.0 Å². The molecule has 0 saturated carbocycles. The summed E-state index contributed by atoms with van der Waals surface area (Å²) in [6, 6.07) is 43.9. The number of benzene rings is 2. The van der Waals surface area contributed by atoms with E-state index >= 15 is 0 Å². The maximum absolute atomic E-state index is 11.7. The first kappa shape index (κ1) is 85.3. The second kappa shape index (κ2) is 44.2. The predicted octanol–water partition coefficient (Wildman–Crippen LogP) is 0.660. The van der Waals surface area contributed by atoms with Crippen molar-refractivity contribution in [3.05, 3.63) is 285 Å². The first-order chi connectivity index (χ1) is 45.0. The van der Waals surface area contributed by atoms with Crippen LogP contribution in [0.25, 0.3) is 0 Å². The van der Waals surface area contributed by atoms with Gasteiger partial charge in [0.05, 0.1) is 50.9 Å². The summed E-state index contributed by atoms with van der Waals surface area (Å²) in [5.41, 5.74) is 14.3. The fraction of sp³-hybridized carbons (Fsp3) is 0.194. The minimum atomic E-state index is -4.94. The predicted molar refractivity (Wildman–Crippen MR) is 329 cm³/mol. The average Bonchev–Trinajstić information content (AvgIpc) is 0.876. The molecule has 30 heteroatoms. The number of alkyl halides is 2. The summed E-state index contributed by atoms with van der Waals surface area (Å²) in [6.07, 6.45) is 14.7. The second-order valence-electron chi connectivity index (χ2n) is 20.5. The number of hydrogen-bond donors (Lipinski definition) is 2. The Morgan fingerprint density at radius 1 is 0.361 bits per heavy atom. The van der Waals surface area contributed by atoms with Crippen LogP contribution >= 0.6 is 23.2 Å². The van der Waals surface area contributed by atoms with Crippen molar-refractivity contribution in [2.24, 2.45) is 0 Å². The molecule has 6 heterocycles. The smallest absolute Gasteiger partial charge is 0.870 e. The monoisotopic (exact) mass is 1580 g/mol. The Kier molecular flexibility index (Phi) is 38.8. The summed E-state index contributed by atoms with van der Waals surface area (Å²) >= 11 is 9.53. The molecule has 0 unspecified atom stereocenters. The van der Waals surface area contributed by atoms with Crippen molar-refractivity contribution in [1.82, 2.24) is 39.7 Å². The van der Waals surface area contributed by atoms with Gasteiger partial charge >= 0.3 is 39.0 Å². The Labute approximate surface area is 601 Å². The number of anilines is 2. The number of halogens is 4. The molecule has 2 radical (unpaired) electrons. The Hall–Kier alpha value is -7.81. The summed E-state index contributed by atoms with van der Waals surface area (Å²) in [5.74, 6) is -3.83. The first-order valence-electron chi connectivity index (χ1n) is 28.3. The van der Waals surface area contributed by atoms with Crippen LogP contribution in [-0.4, -0.2) is 68.2 Å². The number of aromatic nitrogens is 6. The third kappa shape index (κ3) is 35.3. The number of nitrogens with zero attached hydrogens (tertiary/aromatic N) is 8. The molecular weight excluding hydrogens is 1510 g/mol. The molecule has 8 aromatic rings. The molecule has 0 spiro atoms. The molecule has 24 nitrogen and oxygen atoms in total. The fourth-order valence-corrected chi connectivity index (χ4v) is 8.96. The molecule has 0 amide bonds. The molecule has 97 heavy (non-hydrogen) atoms. The number of allylic oxidation sites excluding steroid dienone is 4. The third-order valence-electron chi connectivity index (χ3n) is 12.6. The summed E-state index contributed by atoms with van der Waals surface area (Å²) in [6.45, 7) is 16.3. The molecule has 2 N–H and O–H groups in total. The molecule has 0 atom stereocenters. The molecule has 2 aliphatic carbocycles. The van der Waals surface area contributed by atoms with Crippen LogP contribution in [0.1, 0.15) is 67.5 Å². The minimum Gasteiger partial charge on any atom is -0.870 e. The summed E-state index contributed by atoms with van der Waals surface area (Å²) in [7, 11) is -9.89. The number of hydrogen-bond acceptors (Lipinski definition) is 24. The Morgan fingerprint density at radius 3 is 0.732 bits per heavy atom. The molecular formula is C67H66Cl4N10O14Ru2+2. The molecule has 10 rings (SSSR count). The van der Waals surface area contributed by atoms with Gasteiger partial charge in [0.25, 0.3) is 0 Å². The SMILES string of the molecule is Cc1cc(C)c(NC2=CC(=O)C([O-])=CC2=O)c(C)c1.Cc1cc(C)c(NC2=CC(=O)C([O-])=CC2=O)c(C)c1.ClCCl.[O-][Cl+3]([O-])([O-])[O-].[O-][Cl+3]([O-])([O-])[O-].[Ru+3].[Ru+3].c1ccc(CN(Cc2ccccn2)Cc2ccccn2)nc1.c1ccc(CN(Cc2ccccn2)Cc2ccccn2)nc1. The van der Waals surface area contributed by atoms with E-state index in [0.717, 1.165) is 142 Å². The van der Waals surface area contributed by atoms with Crippen molar-refractivity contribution in [2.75, 3.05) is 16.0 Å². The number of aryl methyl sites for hydroxylation is 6. The van der Waals surface area contributed by atoms with E-state index in [1.165, 1.54) is 0 Å². The van der Waals surface area contributed by atoms with Gasteiger partial charge in [0.1, 0.15) is 0 Å². The van der Waals surface area contributed by atoms with Crippen LogP contribution < -0.4 is 58.1 Å². The van der Waals surface area contributed by atoms with Crippen molar-refractivity contribution in [3.63, 3.8) is 0 Å². The van der Waals surface area contributed by atoms with E-state index in [-0.39, 0.29) is 55.7 Å². The quantitative estimate of drug-likeness (QED) is 0.0762. The Morgan fingerprint density at radius 2 is 0.557 bits per heavy atom. The van der Waals surface area contributed by atoms with E-state index in [2.05, 4.69) is 50.3 Å². The van der Waals surface area contributed by atoms with E-state index in [9.17, 15) is 29.4 Å². The largest absolute Gasteiger partial charge is 3.00 e. The first-order valence-corrected chi connectivity index (χ1v) is 31.8. The van der Waals surface area contributed by atoms with Gasteiger partial charge in [-0.1, -0.05) is 83.3 Å². The number of carbonyl (C=O) groups excluding carboxylic acids is 4. The molecule has 6 aromatic heterocycles. The van der Waals surface area contributed by atoms with Crippen molar-refractivity contribution in [3.8, 4) is 0 Å². The van der Waals surface area contributed by atoms with Crippen molar-refractivity contribution in [2.45, 2.75) is 80.8 Å². The number of ketones is 4. The Bertz CT molecular complexity index is 3360. The van der Waals surface area contributed by atoms with E-state index < -0.39 is 55.1 Å². The van der Waals surface area contributed by atoms with Gasteiger partial charge in [0.15, 0.2) is 11.6 Å². The van der Waals surface area contributed by atoms with Crippen molar-refractivity contribution in [1.29, 1.82) is 0 Å². The Balaban J connectivity index is 0.000000412. The molecule has 0 saturated heterocycles. The maximum Gasteiger partial charge on any atom is 3.00 e. The summed E-state index contributed by atoms with van der Waals surface area (Å²) in [4.78, 5) is 77.1.